The highest BCUT2D eigenvalue weighted by Gasteiger charge is 2.30. The van der Waals surface area contributed by atoms with Gasteiger partial charge in [-0.05, 0) is 23.3 Å². The van der Waals surface area contributed by atoms with Crippen LogP contribution in [0.25, 0.3) is 6.08 Å². The zero-order valence-electron chi connectivity index (χ0n) is 13.3. The molecule has 0 radical (unpaired) electrons. The maximum absolute atomic E-state index is 6.56. The molecule has 4 rings (SSSR count). The van der Waals surface area contributed by atoms with Gasteiger partial charge >= 0.3 is 0 Å². The molecule has 2 aliphatic rings. The Labute approximate surface area is 138 Å². The fourth-order valence-electron chi connectivity index (χ4n) is 3.74. The number of benzene rings is 2. The van der Waals surface area contributed by atoms with Crippen molar-refractivity contribution in [2.24, 2.45) is 5.73 Å². The number of nitrogens with two attached hydrogens (primary N) is 1. The van der Waals surface area contributed by atoms with Crippen LogP contribution in [-0.4, -0.2) is 37.1 Å². The number of para-hydroxylation sites is 1. The van der Waals surface area contributed by atoms with Crippen LogP contribution in [0.4, 0.5) is 5.69 Å². The van der Waals surface area contributed by atoms with Crippen LogP contribution in [0.5, 0.6) is 0 Å². The van der Waals surface area contributed by atoms with Gasteiger partial charge in [0.1, 0.15) is 0 Å². The van der Waals surface area contributed by atoms with Crippen molar-refractivity contribution >= 4 is 11.8 Å². The zero-order chi connectivity index (χ0) is 15.6. The van der Waals surface area contributed by atoms with Gasteiger partial charge in [0.05, 0.1) is 0 Å². The molecule has 3 heteroatoms. The van der Waals surface area contributed by atoms with Gasteiger partial charge in [0.15, 0.2) is 0 Å². The second kappa shape index (κ2) is 6.19. The third-order valence-electron chi connectivity index (χ3n) is 5.05. The van der Waals surface area contributed by atoms with E-state index in [4.69, 9.17) is 5.73 Å². The number of rotatable bonds is 2. The summed E-state index contributed by atoms with van der Waals surface area (Å²) >= 11 is 0. The van der Waals surface area contributed by atoms with Gasteiger partial charge in [0, 0.05) is 44.0 Å². The molecule has 0 amide bonds. The van der Waals surface area contributed by atoms with Crippen molar-refractivity contribution in [2.45, 2.75) is 12.1 Å². The van der Waals surface area contributed by atoms with Crippen LogP contribution < -0.4 is 10.6 Å². The van der Waals surface area contributed by atoms with Crippen molar-refractivity contribution in [1.82, 2.24) is 4.90 Å². The summed E-state index contributed by atoms with van der Waals surface area (Å²) in [6.07, 6.45) is 4.51. The van der Waals surface area contributed by atoms with Crippen LogP contribution in [0, 0.1) is 0 Å². The largest absolute Gasteiger partial charge is 0.369 e. The molecule has 1 aliphatic carbocycles. The number of hydrogen-bond donors (Lipinski definition) is 1. The minimum absolute atomic E-state index is 0.0690. The highest BCUT2D eigenvalue weighted by molar-refractivity contribution is 5.59. The summed E-state index contributed by atoms with van der Waals surface area (Å²) in [5.74, 6) is 0. The molecule has 1 aliphatic heterocycles. The molecule has 3 nitrogen and oxygen atoms in total. The number of hydrogen-bond acceptors (Lipinski definition) is 3. The molecule has 1 saturated heterocycles. The molecule has 0 bridgehead atoms. The van der Waals surface area contributed by atoms with Gasteiger partial charge in [-0.15, -0.1) is 0 Å². The molecule has 2 atom stereocenters. The van der Waals surface area contributed by atoms with Crippen LogP contribution in [-0.2, 0) is 0 Å². The molecular formula is C20H23N3. The lowest BCUT2D eigenvalue weighted by atomic mass is 9.89. The molecule has 2 aromatic rings. The van der Waals surface area contributed by atoms with E-state index >= 15 is 0 Å². The van der Waals surface area contributed by atoms with Crippen molar-refractivity contribution in [3.05, 3.63) is 71.8 Å². The van der Waals surface area contributed by atoms with Crippen LogP contribution in [0.3, 0.4) is 0 Å². The van der Waals surface area contributed by atoms with Crippen LogP contribution >= 0.6 is 0 Å². The van der Waals surface area contributed by atoms with Crippen LogP contribution in [0.2, 0.25) is 0 Å². The maximum Gasteiger partial charge on any atom is 0.0495 e. The normalized spacial score (nSPS) is 24.5. The number of nitrogens with zero attached hydrogens (tertiary/aromatic N) is 2. The molecule has 0 saturated carbocycles. The molecule has 2 N–H and O–H groups in total. The van der Waals surface area contributed by atoms with Crippen molar-refractivity contribution in [2.75, 3.05) is 31.1 Å². The van der Waals surface area contributed by atoms with E-state index < -0.39 is 0 Å². The molecule has 118 valence electrons. The van der Waals surface area contributed by atoms with Gasteiger partial charge < -0.3 is 10.6 Å². The van der Waals surface area contributed by atoms with Crippen LogP contribution in [0.15, 0.2) is 60.7 Å². The predicted octanol–water partition coefficient (Wildman–Crippen LogP) is 2.90. The standard InChI is InChI=1S/C20H23N3/c21-20-18-9-5-4-6-16(18)10-11-19(20)23-14-12-22(13-15-23)17-7-2-1-3-8-17/h1-11,19-20H,12-15,21H2/t19-,20-/m1/s1. The fourth-order valence-corrected chi connectivity index (χ4v) is 3.74. The van der Waals surface area contributed by atoms with E-state index in [9.17, 15) is 0 Å². The summed E-state index contributed by atoms with van der Waals surface area (Å²) in [7, 11) is 0. The average molecular weight is 305 g/mol. The lowest BCUT2D eigenvalue weighted by Gasteiger charge is -2.42. The van der Waals surface area contributed by atoms with E-state index in [1.807, 2.05) is 0 Å². The van der Waals surface area contributed by atoms with Gasteiger partial charge in [-0.25, -0.2) is 0 Å². The van der Waals surface area contributed by atoms with E-state index in [0.29, 0.717) is 6.04 Å². The summed E-state index contributed by atoms with van der Waals surface area (Å²) in [5.41, 5.74) is 10.4. The van der Waals surface area contributed by atoms with E-state index in [-0.39, 0.29) is 6.04 Å². The molecular weight excluding hydrogens is 282 g/mol. The zero-order valence-corrected chi connectivity index (χ0v) is 13.3. The summed E-state index contributed by atoms with van der Waals surface area (Å²) < 4.78 is 0. The smallest absolute Gasteiger partial charge is 0.0495 e. The van der Waals surface area contributed by atoms with E-state index in [1.165, 1.54) is 16.8 Å². The molecule has 23 heavy (non-hydrogen) atoms. The van der Waals surface area contributed by atoms with Gasteiger partial charge in [-0.2, -0.15) is 0 Å². The first-order chi connectivity index (χ1) is 11.3. The second-order valence-corrected chi connectivity index (χ2v) is 6.36. The number of anilines is 1. The predicted molar refractivity (Wildman–Crippen MR) is 96.4 cm³/mol. The maximum atomic E-state index is 6.56. The molecule has 0 unspecified atom stereocenters. The van der Waals surface area contributed by atoms with E-state index in [2.05, 4.69) is 76.5 Å². The molecule has 0 aromatic heterocycles. The summed E-state index contributed by atoms with van der Waals surface area (Å²) in [6, 6.07) is 19.5. The Hall–Kier alpha value is -2.10. The summed E-state index contributed by atoms with van der Waals surface area (Å²) in [4.78, 5) is 4.99. The second-order valence-electron chi connectivity index (χ2n) is 6.36. The first kappa shape index (κ1) is 14.5. The van der Waals surface area contributed by atoms with Gasteiger partial charge in [0.2, 0.25) is 0 Å². The van der Waals surface area contributed by atoms with Gasteiger partial charge in [-0.3, -0.25) is 4.90 Å². The van der Waals surface area contributed by atoms with Crippen molar-refractivity contribution in [3.8, 4) is 0 Å². The minimum Gasteiger partial charge on any atom is -0.369 e. The van der Waals surface area contributed by atoms with Gasteiger partial charge in [-0.1, -0.05) is 54.6 Å². The SMILES string of the molecule is N[C@@H]1c2ccccc2C=C[C@H]1N1CCN(c2ccccc2)CC1. The molecule has 1 fully saturated rings. The first-order valence-electron chi connectivity index (χ1n) is 8.40. The lowest BCUT2D eigenvalue weighted by Crippen LogP contribution is -2.53. The van der Waals surface area contributed by atoms with Crippen LogP contribution in [0.1, 0.15) is 17.2 Å². The Morgan fingerprint density at radius 1 is 0.826 bits per heavy atom. The van der Waals surface area contributed by atoms with Crippen molar-refractivity contribution in [1.29, 1.82) is 0 Å². The highest BCUT2D eigenvalue weighted by atomic mass is 15.3. The summed E-state index contributed by atoms with van der Waals surface area (Å²) in [6.45, 7) is 4.23. The third kappa shape index (κ3) is 2.78. The molecule has 2 aromatic carbocycles. The topological polar surface area (TPSA) is 32.5 Å². The minimum atomic E-state index is 0.0690. The Balaban J connectivity index is 1.45. The van der Waals surface area contributed by atoms with E-state index in [1.54, 1.807) is 0 Å². The molecule has 0 spiro atoms. The quantitative estimate of drug-likeness (QED) is 0.926. The Bertz CT molecular complexity index is 687. The van der Waals surface area contributed by atoms with Crippen molar-refractivity contribution < 1.29 is 0 Å². The fraction of sp³-hybridized carbons (Fsp3) is 0.300. The number of fused-ring (bicyclic) bond motifs is 1. The summed E-state index contributed by atoms with van der Waals surface area (Å²) in [5, 5.41) is 0. The third-order valence-corrected chi connectivity index (χ3v) is 5.05. The van der Waals surface area contributed by atoms with Crippen molar-refractivity contribution in [3.63, 3.8) is 0 Å². The lowest BCUT2D eigenvalue weighted by molar-refractivity contribution is 0.193. The first-order valence-corrected chi connectivity index (χ1v) is 8.40. The Morgan fingerprint density at radius 3 is 2.30 bits per heavy atom. The van der Waals surface area contributed by atoms with Gasteiger partial charge in [0.25, 0.3) is 0 Å². The monoisotopic (exact) mass is 305 g/mol. The Kier molecular flexibility index (Phi) is 3.90. The average Bonchev–Trinajstić information content (AvgIpc) is 2.63. The number of piperazine rings is 1. The Morgan fingerprint density at radius 2 is 1.52 bits per heavy atom. The molecule has 1 heterocycles. The van der Waals surface area contributed by atoms with E-state index in [0.717, 1.165) is 26.2 Å². The highest BCUT2D eigenvalue weighted by Crippen LogP contribution is 2.30.